The van der Waals surface area contributed by atoms with E-state index in [0.717, 1.165) is 5.56 Å². The number of carboxylic acids is 1. The lowest BCUT2D eigenvalue weighted by atomic mass is 10.0. The SMILES string of the molecule is COCC(C)(NC(=O)c1cn(Cc2ccccc2)nn1)C(=O)O. The minimum absolute atomic E-state index is 0.0458. The number of rotatable bonds is 7. The summed E-state index contributed by atoms with van der Waals surface area (Å²) in [6, 6.07) is 9.58. The predicted octanol–water partition coefficient (Wildman–Crippen LogP) is 0.546. The van der Waals surface area contributed by atoms with E-state index < -0.39 is 17.4 Å². The van der Waals surface area contributed by atoms with Crippen molar-refractivity contribution in [3.63, 3.8) is 0 Å². The highest BCUT2D eigenvalue weighted by Crippen LogP contribution is 2.07. The van der Waals surface area contributed by atoms with Gasteiger partial charge >= 0.3 is 5.97 Å². The van der Waals surface area contributed by atoms with Gasteiger partial charge in [-0.2, -0.15) is 0 Å². The highest BCUT2D eigenvalue weighted by Gasteiger charge is 2.35. The number of amides is 1. The highest BCUT2D eigenvalue weighted by atomic mass is 16.5. The van der Waals surface area contributed by atoms with Crippen LogP contribution in [0.25, 0.3) is 0 Å². The van der Waals surface area contributed by atoms with Crippen molar-refractivity contribution in [2.75, 3.05) is 13.7 Å². The summed E-state index contributed by atoms with van der Waals surface area (Å²) in [5.41, 5.74) is -0.474. The van der Waals surface area contributed by atoms with E-state index in [1.165, 1.54) is 24.9 Å². The van der Waals surface area contributed by atoms with Crippen molar-refractivity contribution in [3.8, 4) is 0 Å². The van der Waals surface area contributed by atoms with Gasteiger partial charge in [-0.25, -0.2) is 9.48 Å². The summed E-state index contributed by atoms with van der Waals surface area (Å²) >= 11 is 0. The van der Waals surface area contributed by atoms with Crippen LogP contribution >= 0.6 is 0 Å². The smallest absolute Gasteiger partial charge is 0.331 e. The molecule has 8 heteroatoms. The van der Waals surface area contributed by atoms with Crippen LogP contribution in [-0.4, -0.2) is 51.2 Å². The Morgan fingerprint density at radius 3 is 2.65 bits per heavy atom. The monoisotopic (exact) mass is 318 g/mol. The van der Waals surface area contributed by atoms with Gasteiger partial charge in [0.05, 0.1) is 19.3 Å². The summed E-state index contributed by atoms with van der Waals surface area (Å²) in [7, 11) is 1.36. The summed E-state index contributed by atoms with van der Waals surface area (Å²) in [5, 5.41) is 19.3. The van der Waals surface area contributed by atoms with Crippen LogP contribution in [0, 0.1) is 0 Å². The van der Waals surface area contributed by atoms with E-state index >= 15 is 0 Å². The normalized spacial score (nSPS) is 13.3. The minimum atomic E-state index is -1.53. The Kier molecular flexibility index (Phi) is 5.07. The zero-order chi connectivity index (χ0) is 16.9. The maximum absolute atomic E-state index is 12.2. The van der Waals surface area contributed by atoms with Crippen molar-refractivity contribution >= 4 is 11.9 Å². The molecule has 0 aliphatic rings. The minimum Gasteiger partial charge on any atom is -0.479 e. The van der Waals surface area contributed by atoms with Crippen molar-refractivity contribution in [3.05, 3.63) is 47.8 Å². The molecule has 1 atom stereocenters. The van der Waals surface area contributed by atoms with Gasteiger partial charge in [0.1, 0.15) is 0 Å². The van der Waals surface area contributed by atoms with Gasteiger partial charge in [0.15, 0.2) is 11.2 Å². The molecular formula is C15H18N4O4. The van der Waals surface area contributed by atoms with Crippen LogP contribution in [0.5, 0.6) is 0 Å². The van der Waals surface area contributed by atoms with Crippen LogP contribution in [0.4, 0.5) is 0 Å². The number of benzene rings is 1. The Morgan fingerprint density at radius 2 is 2.04 bits per heavy atom. The molecule has 8 nitrogen and oxygen atoms in total. The number of carbonyl (C=O) groups excluding carboxylic acids is 1. The van der Waals surface area contributed by atoms with Gasteiger partial charge in [0.25, 0.3) is 5.91 Å². The van der Waals surface area contributed by atoms with Crippen molar-refractivity contribution < 1.29 is 19.4 Å². The summed E-state index contributed by atoms with van der Waals surface area (Å²) in [6.45, 7) is 1.67. The average Bonchev–Trinajstić information content (AvgIpc) is 2.97. The van der Waals surface area contributed by atoms with Gasteiger partial charge in [-0.1, -0.05) is 35.5 Å². The molecule has 0 aliphatic carbocycles. The van der Waals surface area contributed by atoms with E-state index in [1.54, 1.807) is 0 Å². The van der Waals surface area contributed by atoms with E-state index in [1.807, 2.05) is 30.3 Å². The molecule has 0 spiro atoms. The summed E-state index contributed by atoms with van der Waals surface area (Å²) in [6.07, 6.45) is 1.47. The van der Waals surface area contributed by atoms with Crippen LogP contribution in [0.15, 0.2) is 36.5 Å². The third-order valence-electron chi connectivity index (χ3n) is 3.25. The van der Waals surface area contributed by atoms with Crippen molar-refractivity contribution in [1.82, 2.24) is 20.3 Å². The van der Waals surface area contributed by atoms with Crippen molar-refractivity contribution in [2.24, 2.45) is 0 Å². The summed E-state index contributed by atoms with van der Waals surface area (Å²) < 4.78 is 6.37. The van der Waals surface area contributed by atoms with E-state index in [0.29, 0.717) is 6.54 Å². The lowest BCUT2D eigenvalue weighted by molar-refractivity contribution is -0.145. The molecule has 0 saturated carbocycles. The van der Waals surface area contributed by atoms with E-state index in [4.69, 9.17) is 4.74 Å². The van der Waals surface area contributed by atoms with Gasteiger partial charge in [-0.3, -0.25) is 4.79 Å². The van der Waals surface area contributed by atoms with Crippen LogP contribution < -0.4 is 5.32 Å². The second-order valence-electron chi connectivity index (χ2n) is 5.31. The lowest BCUT2D eigenvalue weighted by Gasteiger charge is -2.24. The topological polar surface area (TPSA) is 106 Å². The molecule has 0 fully saturated rings. The first-order chi connectivity index (χ1) is 10.9. The maximum atomic E-state index is 12.2. The molecule has 0 saturated heterocycles. The lowest BCUT2D eigenvalue weighted by Crippen LogP contribution is -2.55. The van der Waals surface area contributed by atoms with E-state index in [9.17, 15) is 14.7 Å². The first-order valence-electron chi connectivity index (χ1n) is 6.93. The molecule has 1 aromatic carbocycles. The van der Waals surface area contributed by atoms with E-state index in [2.05, 4.69) is 15.6 Å². The Balaban J connectivity index is 2.07. The fourth-order valence-electron chi connectivity index (χ4n) is 2.00. The molecule has 23 heavy (non-hydrogen) atoms. The number of ether oxygens (including phenoxy) is 1. The van der Waals surface area contributed by atoms with Gasteiger partial charge in [0, 0.05) is 7.11 Å². The third kappa shape index (κ3) is 4.13. The predicted molar refractivity (Wildman–Crippen MR) is 80.9 cm³/mol. The Hall–Kier alpha value is -2.74. The van der Waals surface area contributed by atoms with Crippen LogP contribution in [-0.2, 0) is 16.1 Å². The fourth-order valence-corrected chi connectivity index (χ4v) is 2.00. The first kappa shape index (κ1) is 16.6. The summed E-state index contributed by atoms with van der Waals surface area (Å²) in [5.74, 6) is -1.81. The molecule has 2 rings (SSSR count). The van der Waals surface area contributed by atoms with Crippen LogP contribution in [0.1, 0.15) is 23.0 Å². The molecular weight excluding hydrogens is 300 g/mol. The number of hydrogen-bond acceptors (Lipinski definition) is 5. The number of carbonyl (C=O) groups is 2. The second kappa shape index (κ2) is 7.01. The van der Waals surface area contributed by atoms with Crippen LogP contribution in [0.3, 0.4) is 0 Å². The Morgan fingerprint density at radius 1 is 1.35 bits per heavy atom. The third-order valence-corrected chi connectivity index (χ3v) is 3.25. The van der Waals surface area contributed by atoms with Gasteiger partial charge in [-0.15, -0.1) is 5.10 Å². The van der Waals surface area contributed by atoms with Crippen LogP contribution in [0.2, 0.25) is 0 Å². The van der Waals surface area contributed by atoms with Gasteiger partial charge in [-0.05, 0) is 12.5 Å². The standard InChI is InChI=1S/C15H18N4O4/c1-15(10-23-2,14(21)22)16-13(20)12-9-19(18-17-12)8-11-6-4-3-5-7-11/h3-7,9H,8,10H2,1-2H3,(H,16,20)(H,21,22). The highest BCUT2D eigenvalue weighted by molar-refractivity contribution is 5.96. The zero-order valence-corrected chi connectivity index (χ0v) is 12.9. The number of aromatic nitrogens is 3. The molecule has 122 valence electrons. The average molecular weight is 318 g/mol. The molecule has 2 N–H and O–H groups in total. The molecule has 1 heterocycles. The molecule has 1 unspecified atom stereocenters. The van der Waals surface area contributed by atoms with Gasteiger partial charge in [0.2, 0.25) is 0 Å². The van der Waals surface area contributed by atoms with Crippen molar-refractivity contribution in [1.29, 1.82) is 0 Å². The van der Waals surface area contributed by atoms with Gasteiger partial charge < -0.3 is 15.2 Å². The zero-order valence-electron chi connectivity index (χ0n) is 12.9. The maximum Gasteiger partial charge on any atom is 0.331 e. The molecule has 1 aromatic heterocycles. The largest absolute Gasteiger partial charge is 0.479 e. The number of carboxylic acid groups (broad SMARTS) is 1. The number of hydrogen-bond donors (Lipinski definition) is 2. The number of aliphatic carboxylic acids is 1. The first-order valence-corrected chi connectivity index (χ1v) is 6.93. The molecule has 0 bridgehead atoms. The Bertz CT molecular complexity index is 686. The Labute approximate surface area is 133 Å². The quantitative estimate of drug-likeness (QED) is 0.772. The number of methoxy groups -OCH3 is 1. The summed E-state index contributed by atoms with van der Waals surface area (Å²) in [4.78, 5) is 23.4. The fraction of sp³-hybridized carbons (Fsp3) is 0.333. The number of nitrogens with one attached hydrogen (secondary N) is 1. The molecule has 0 aliphatic heterocycles. The number of nitrogens with zero attached hydrogens (tertiary/aromatic N) is 3. The molecule has 0 radical (unpaired) electrons. The second-order valence-corrected chi connectivity index (χ2v) is 5.31. The molecule has 1 amide bonds. The van der Waals surface area contributed by atoms with E-state index in [-0.39, 0.29) is 12.3 Å². The molecule has 2 aromatic rings. The van der Waals surface area contributed by atoms with Crippen molar-refractivity contribution in [2.45, 2.75) is 19.0 Å².